The molecule has 0 heterocycles. The molecule has 2 amide bonds. The maximum atomic E-state index is 12.8. The first-order chi connectivity index (χ1) is 16.2. The van der Waals surface area contributed by atoms with Crippen LogP contribution in [-0.4, -0.2) is 43.5 Å². The van der Waals surface area contributed by atoms with Gasteiger partial charge in [0.25, 0.3) is 0 Å². The van der Waals surface area contributed by atoms with Gasteiger partial charge in [0.2, 0.25) is 0 Å². The van der Waals surface area contributed by atoms with Crippen molar-refractivity contribution in [2.24, 2.45) is 0 Å². The smallest absolute Gasteiger partial charge is 0.411 e. The third-order valence-electron chi connectivity index (χ3n) is 5.74. The molecule has 3 N–H and O–H groups in total. The number of carbonyl (C=O) groups is 2. The van der Waals surface area contributed by atoms with E-state index in [2.05, 4.69) is 22.0 Å². The average molecular weight is 468 g/mol. The molecule has 0 aliphatic heterocycles. The second kappa shape index (κ2) is 11.9. The molecule has 0 aromatic heterocycles. The van der Waals surface area contributed by atoms with Crippen LogP contribution in [0.1, 0.15) is 52.0 Å². The van der Waals surface area contributed by atoms with Crippen molar-refractivity contribution in [1.29, 1.82) is 0 Å². The molecule has 2 aromatic rings. The molecule has 2 aromatic carbocycles. The predicted octanol–water partition coefficient (Wildman–Crippen LogP) is 5.50. The summed E-state index contributed by atoms with van der Waals surface area (Å²) < 4.78 is 11.1. The summed E-state index contributed by atoms with van der Waals surface area (Å²) in [4.78, 5) is 24.8. The Hall–Kier alpha value is -3.06. The fourth-order valence-electron chi connectivity index (χ4n) is 4.08. The Kier molecular flexibility index (Phi) is 8.93. The minimum atomic E-state index is -0.522. The third-order valence-corrected chi connectivity index (χ3v) is 5.74. The first-order valence-electron chi connectivity index (χ1n) is 12.0. The highest BCUT2D eigenvalue weighted by Crippen LogP contribution is 2.30. The van der Waals surface area contributed by atoms with Crippen LogP contribution >= 0.6 is 0 Å². The number of hydrogen-bond acceptors (Lipinski definition) is 5. The zero-order chi connectivity index (χ0) is 24.6. The first kappa shape index (κ1) is 25.6. The SMILES string of the molecule is CNCCc1ccc(-c2ccccc2)c(NC(=O)OC2CCC(NC(=O)OC(C)(C)C)CC2)c1. The molecule has 1 fully saturated rings. The lowest BCUT2D eigenvalue weighted by atomic mass is 9.93. The lowest BCUT2D eigenvalue weighted by Gasteiger charge is -2.30. The van der Waals surface area contributed by atoms with E-state index in [1.54, 1.807) is 0 Å². The van der Waals surface area contributed by atoms with Crippen molar-refractivity contribution in [3.63, 3.8) is 0 Å². The summed E-state index contributed by atoms with van der Waals surface area (Å²) in [5.74, 6) is 0. The number of likely N-dealkylation sites (N-methyl/N-ethyl adjacent to an activating group) is 1. The molecule has 1 aliphatic carbocycles. The summed E-state index contributed by atoms with van der Waals surface area (Å²) in [6, 6.07) is 16.2. The molecule has 0 unspecified atom stereocenters. The molecule has 184 valence electrons. The van der Waals surface area contributed by atoms with E-state index in [0.29, 0.717) is 12.8 Å². The zero-order valence-electron chi connectivity index (χ0n) is 20.6. The summed E-state index contributed by atoms with van der Waals surface area (Å²) in [6.07, 6.45) is 2.71. The zero-order valence-corrected chi connectivity index (χ0v) is 20.6. The van der Waals surface area contributed by atoms with Crippen LogP contribution in [0, 0.1) is 0 Å². The van der Waals surface area contributed by atoms with Gasteiger partial charge in [0, 0.05) is 11.6 Å². The van der Waals surface area contributed by atoms with Gasteiger partial charge in [-0.3, -0.25) is 5.32 Å². The number of alkyl carbamates (subject to hydrolysis) is 1. The second-order valence-electron chi connectivity index (χ2n) is 9.75. The van der Waals surface area contributed by atoms with Crippen LogP contribution in [0.4, 0.5) is 15.3 Å². The van der Waals surface area contributed by atoms with Crippen molar-refractivity contribution in [3.05, 3.63) is 54.1 Å². The monoisotopic (exact) mass is 467 g/mol. The summed E-state index contributed by atoms with van der Waals surface area (Å²) in [5, 5.41) is 9.04. The highest BCUT2D eigenvalue weighted by molar-refractivity contribution is 5.91. The van der Waals surface area contributed by atoms with Crippen LogP contribution in [0.2, 0.25) is 0 Å². The van der Waals surface area contributed by atoms with Crippen LogP contribution in [0.25, 0.3) is 11.1 Å². The van der Waals surface area contributed by atoms with Crippen molar-refractivity contribution in [3.8, 4) is 11.1 Å². The molecule has 0 saturated heterocycles. The molecule has 3 rings (SSSR count). The molecule has 1 saturated carbocycles. The van der Waals surface area contributed by atoms with Crippen molar-refractivity contribution in [2.45, 2.75) is 70.6 Å². The number of benzene rings is 2. The minimum Gasteiger partial charge on any atom is -0.446 e. The quantitative estimate of drug-likeness (QED) is 0.500. The summed E-state index contributed by atoms with van der Waals surface area (Å²) in [6.45, 7) is 6.38. The molecule has 7 heteroatoms. The predicted molar refractivity (Wildman–Crippen MR) is 135 cm³/mol. The van der Waals surface area contributed by atoms with Crippen molar-refractivity contribution >= 4 is 17.9 Å². The maximum Gasteiger partial charge on any atom is 0.411 e. The van der Waals surface area contributed by atoms with Crippen LogP contribution in [0.5, 0.6) is 0 Å². The number of amides is 2. The van der Waals surface area contributed by atoms with Crippen LogP contribution in [0.15, 0.2) is 48.5 Å². The Balaban J connectivity index is 1.57. The largest absolute Gasteiger partial charge is 0.446 e. The normalized spacial score (nSPS) is 18.1. The highest BCUT2D eigenvalue weighted by atomic mass is 16.6. The standard InChI is InChI=1S/C27H37N3O4/c1-27(2,3)34-26(32)29-21-11-13-22(14-12-21)33-25(31)30-24-18-19(16-17-28-4)10-15-23(24)20-8-6-5-7-9-20/h5-10,15,18,21-22,28H,11-14,16-17H2,1-4H3,(H,29,32)(H,30,31). The highest BCUT2D eigenvalue weighted by Gasteiger charge is 2.27. The van der Waals surface area contributed by atoms with E-state index in [9.17, 15) is 9.59 Å². The fraction of sp³-hybridized carbons (Fsp3) is 0.481. The van der Waals surface area contributed by atoms with Gasteiger partial charge in [0.1, 0.15) is 11.7 Å². The Morgan fingerprint density at radius 1 is 0.971 bits per heavy atom. The Bertz CT molecular complexity index is 948. The van der Waals surface area contributed by atoms with Crippen molar-refractivity contribution in [1.82, 2.24) is 10.6 Å². The van der Waals surface area contributed by atoms with Crippen LogP contribution in [-0.2, 0) is 15.9 Å². The van der Waals surface area contributed by atoms with Gasteiger partial charge in [-0.25, -0.2) is 9.59 Å². The van der Waals surface area contributed by atoms with Crippen LogP contribution in [0.3, 0.4) is 0 Å². The summed E-state index contributed by atoms with van der Waals surface area (Å²) in [5.41, 5.74) is 3.34. The Morgan fingerprint density at radius 3 is 2.32 bits per heavy atom. The van der Waals surface area contributed by atoms with E-state index >= 15 is 0 Å². The molecule has 7 nitrogen and oxygen atoms in total. The van der Waals surface area contributed by atoms with Crippen LogP contribution < -0.4 is 16.0 Å². The van der Waals surface area contributed by atoms with E-state index in [1.807, 2.05) is 70.3 Å². The second-order valence-corrected chi connectivity index (χ2v) is 9.75. The molecule has 1 aliphatic rings. The molecule has 0 spiro atoms. The van der Waals surface area contributed by atoms with Gasteiger partial charge in [-0.15, -0.1) is 0 Å². The van der Waals surface area contributed by atoms with Gasteiger partial charge >= 0.3 is 12.2 Å². The van der Waals surface area contributed by atoms with E-state index < -0.39 is 17.8 Å². The Morgan fingerprint density at radius 2 is 1.68 bits per heavy atom. The van der Waals surface area contributed by atoms with E-state index in [-0.39, 0.29) is 12.1 Å². The van der Waals surface area contributed by atoms with Crippen molar-refractivity contribution in [2.75, 3.05) is 18.9 Å². The topological polar surface area (TPSA) is 88.7 Å². The molecular weight excluding hydrogens is 430 g/mol. The number of hydrogen-bond donors (Lipinski definition) is 3. The number of carbonyl (C=O) groups excluding carboxylic acids is 2. The summed E-state index contributed by atoms with van der Waals surface area (Å²) >= 11 is 0. The van der Waals surface area contributed by atoms with Gasteiger partial charge in [-0.2, -0.15) is 0 Å². The van der Waals surface area contributed by atoms with E-state index in [1.165, 1.54) is 0 Å². The molecular formula is C27H37N3O4. The van der Waals surface area contributed by atoms with Gasteiger partial charge in [0.05, 0.1) is 5.69 Å². The molecule has 0 bridgehead atoms. The van der Waals surface area contributed by atoms with Gasteiger partial charge < -0.3 is 20.1 Å². The number of rotatable bonds is 7. The lowest BCUT2D eigenvalue weighted by Crippen LogP contribution is -2.42. The minimum absolute atomic E-state index is 0.0336. The fourth-order valence-corrected chi connectivity index (χ4v) is 4.08. The summed E-state index contributed by atoms with van der Waals surface area (Å²) in [7, 11) is 1.92. The Labute approximate surface area is 202 Å². The number of nitrogens with one attached hydrogen (secondary N) is 3. The number of anilines is 1. The molecule has 34 heavy (non-hydrogen) atoms. The van der Waals surface area contributed by atoms with Crippen molar-refractivity contribution < 1.29 is 19.1 Å². The first-order valence-corrected chi connectivity index (χ1v) is 12.0. The van der Waals surface area contributed by atoms with E-state index in [0.717, 1.165) is 48.2 Å². The molecule has 0 atom stereocenters. The van der Waals surface area contributed by atoms with Gasteiger partial charge in [-0.05, 0) is 83.7 Å². The molecule has 0 radical (unpaired) electrons. The van der Waals surface area contributed by atoms with E-state index in [4.69, 9.17) is 9.47 Å². The lowest BCUT2D eigenvalue weighted by molar-refractivity contribution is 0.0440. The van der Waals surface area contributed by atoms with Gasteiger partial charge in [-0.1, -0.05) is 42.5 Å². The average Bonchev–Trinajstić information content (AvgIpc) is 2.78. The third kappa shape index (κ3) is 8.06. The number of ether oxygens (including phenoxy) is 2. The van der Waals surface area contributed by atoms with Gasteiger partial charge in [0.15, 0.2) is 0 Å². The maximum absolute atomic E-state index is 12.8.